The van der Waals surface area contributed by atoms with E-state index in [1.165, 1.54) is 6.92 Å². The third-order valence-corrected chi connectivity index (χ3v) is 2.81. The lowest BCUT2D eigenvalue weighted by Gasteiger charge is -2.26. The highest BCUT2D eigenvalue weighted by atomic mass is 16.2. The van der Waals surface area contributed by atoms with Crippen molar-refractivity contribution in [3.63, 3.8) is 0 Å². The van der Waals surface area contributed by atoms with E-state index in [9.17, 15) is 14.4 Å². The highest BCUT2D eigenvalue weighted by Gasteiger charge is 2.32. The average molecular weight is 236 g/mol. The Labute approximate surface area is 96.5 Å². The van der Waals surface area contributed by atoms with Crippen molar-refractivity contribution in [1.82, 2.24) is 9.55 Å². The number of hydrogen-bond acceptors (Lipinski definition) is 4. The highest BCUT2D eigenvalue weighted by molar-refractivity contribution is 5.82. The molecule has 7 heteroatoms. The molecule has 1 aromatic heterocycles. The Morgan fingerprint density at radius 2 is 2.24 bits per heavy atom. The number of amides is 1. The molecule has 0 aliphatic carbocycles. The lowest BCUT2D eigenvalue weighted by atomic mass is 9.97. The summed E-state index contributed by atoms with van der Waals surface area (Å²) in [6.07, 6.45) is 1.31. The maximum atomic E-state index is 11.6. The van der Waals surface area contributed by atoms with Gasteiger partial charge in [-0.2, -0.15) is 5.26 Å². The number of aromatic amines is 1. The summed E-state index contributed by atoms with van der Waals surface area (Å²) >= 11 is 0. The summed E-state index contributed by atoms with van der Waals surface area (Å²) in [6, 6.07) is 1.64. The zero-order valence-corrected chi connectivity index (χ0v) is 9.48. The number of carbonyl (C=O) groups is 1. The average Bonchev–Trinajstić information content (AvgIpc) is 2.28. The monoisotopic (exact) mass is 236 g/mol. The van der Waals surface area contributed by atoms with Crippen LogP contribution in [-0.4, -0.2) is 15.5 Å². The van der Waals surface area contributed by atoms with Crippen molar-refractivity contribution in [1.29, 1.82) is 5.26 Å². The van der Waals surface area contributed by atoms with E-state index >= 15 is 0 Å². The first-order chi connectivity index (χ1) is 7.86. The molecular formula is C10H12N4O3. The molecule has 1 atom stereocenters. The lowest BCUT2D eigenvalue weighted by molar-refractivity contribution is -0.126. The second-order valence-corrected chi connectivity index (χ2v) is 3.78. The van der Waals surface area contributed by atoms with Crippen molar-refractivity contribution in [2.75, 3.05) is 0 Å². The molecule has 0 bridgehead atoms. The molecule has 0 spiro atoms. The summed E-state index contributed by atoms with van der Waals surface area (Å²) in [5.41, 5.74) is 2.18. The SMILES string of the molecule is CCC(C)(C(N)=O)n1cc(C#N)c(=O)[nH]c1=O. The molecule has 3 N–H and O–H groups in total. The molecule has 1 amide bonds. The van der Waals surface area contributed by atoms with Crippen molar-refractivity contribution in [3.8, 4) is 6.07 Å². The lowest BCUT2D eigenvalue weighted by Crippen LogP contribution is -2.50. The molecule has 1 heterocycles. The molecule has 0 fully saturated rings. The number of aromatic nitrogens is 2. The fraction of sp³-hybridized carbons (Fsp3) is 0.400. The van der Waals surface area contributed by atoms with Crippen LogP contribution in [0, 0.1) is 11.3 Å². The van der Waals surface area contributed by atoms with Crippen molar-refractivity contribution in [2.24, 2.45) is 5.73 Å². The third kappa shape index (κ3) is 1.97. The van der Waals surface area contributed by atoms with Gasteiger partial charge in [0.25, 0.3) is 5.56 Å². The van der Waals surface area contributed by atoms with Crippen molar-refractivity contribution in [3.05, 3.63) is 32.6 Å². The number of nitrogens with one attached hydrogen (secondary N) is 1. The fourth-order valence-electron chi connectivity index (χ4n) is 1.38. The predicted molar refractivity (Wildman–Crippen MR) is 59.2 cm³/mol. The van der Waals surface area contributed by atoms with Gasteiger partial charge in [-0.25, -0.2) is 4.79 Å². The molecule has 7 nitrogen and oxygen atoms in total. The maximum Gasteiger partial charge on any atom is 0.329 e. The van der Waals surface area contributed by atoms with Crippen LogP contribution >= 0.6 is 0 Å². The van der Waals surface area contributed by atoms with Gasteiger partial charge in [0.1, 0.15) is 17.2 Å². The summed E-state index contributed by atoms with van der Waals surface area (Å²) in [4.78, 5) is 36.2. The molecule has 1 rings (SSSR count). The topological polar surface area (TPSA) is 122 Å². The van der Waals surface area contributed by atoms with E-state index in [1.54, 1.807) is 13.0 Å². The normalized spacial score (nSPS) is 13.7. The molecule has 0 aliphatic heterocycles. The van der Waals surface area contributed by atoms with Crippen LogP contribution in [0.15, 0.2) is 15.8 Å². The predicted octanol–water partition coefficient (Wildman–Crippen LogP) is -0.981. The van der Waals surface area contributed by atoms with E-state index in [4.69, 9.17) is 11.0 Å². The molecule has 1 aromatic rings. The molecule has 0 saturated carbocycles. The van der Waals surface area contributed by atoms with Gasteiger partial charge in [0.15, 0.2) is 0 Å². The molecule has 0 saturated heterocycles. The molecule has 90 valence electrons. The van der Waals surface area contributed by atoms with Gasteiger partial charge in [0.2, 0.25) is 5.91 Å². The first-order valence-corrected chi connectivity index (χ1v) is 4.93. The number of carbonyl (C=O) groups excluding carboxylic acids is 1. The van der Waals surface area contributed by atoms with Crippen LogP contribution in [0.4, 0.5) is 0 Å². The number of nitriles is 1. The largest absolute Gasteiger partial charge is 0.368 e. The Kier molecular flexibility index (Phi) is 3.18. The summed E-state index contributed by atoms with van der Waals surface area (Å²) < 4.78 is 0.981. The van der Waals surface area contributed by atoms with Gasteiger partial charge in [-0.1, -0.05) is 6.92 Å². The van der Waals surface area contributed by atoms with Gasteiger partial charge in [-0.05, 0) is 13.3 Å². The van der Waals surface area contributed by atoms with Crippen LogP contribution in [0.5, 0.6) is 0 Å². The first kappa shape index (κ1) is 12.7. The molecule has 0 radical (unpaired) electrons. The molecular weight excluding hydrogens is 224 g/mol. The number of primary amides is 1. The van der Waals surface area contributed by atoms with Crippen molar-refractivity contribution >= 4 is 5.91 Å². The van der Waals surface area contributed by atoms with Gasteiger partial charge in [-0.3, -0.25) is 19.1 Å². The second kappa shape index (κ2) is 4.25. The standard InChI is InChI=1S/C10H12N4O3/c1-3-10(2,8(12)16)14-5-6(4-11)7(15)13-9(14)17/h5H,3H2,1-2H3,(H2,12,16)(H,13,15,17). The Morgan fingerprint density at radius 1 is 1.65 bits per heavy atom. The minimum Gasteiger partial charge on any atom is -0.368 e. The van der Waals surface area contributed by atoms with Crippen LogP contribution in [0.25, 0.3) is 0 Å². The van der Waals surface area contributed by atoms with E-state index in [0.29, 0.717) is 0 Å². The third-order valence-electron chi connectivity index (χ3n) is 2.81. The quantitative estimate of drug-likeness (QED) is 0.700. The van der Waals surface area contributed by atoms with Crippen LogP contribution in [0.2, 0.25) is 0 Å². The summed E-state index contributed by atoms with van der Waals surface area (Å²) in [5, 5.41) is 8.71. The van der Waals surface area contributed by atoms with Gasteiger partial charge in [0, 0.05) is 6.20 Å². The van der Waals surface area contributed by atoms with Crippen molar-refractivity contribution in [2.45, 2.75) is 25.8 Å². The van der Waals surface area contributed by atoms with Crippen LogP contribution in [0.3, 0.4) is 0 Å². The Hall–Kier alpha value is -2.36. The summed E-state index contributed by atoms with van der Waals surface area (Å²) in [5.74, 6) is -0.710. The highest BCUT2D eigenvalue weighted by Crippen LogP contribution is 2.17. The smallest absolute Gasteiger partial charge is 0.329 e. The van der Waals surface area contributed by atoms with E-state index in [0.717, 1.165) is 10.8 Å². The number of H-pyrrole nitrogens is 1. The van der Waals surface area contributed by atoms with Crippen molar-refractivity contribution < 1.29 is 4.79 Å². The van der Waals surface area contributed by atoms with Crippen LogP contribution < -0.4 is 17.0 Å². The minimum atomic E-state index is -1.27. The van der Waals surface area contributed by atoms with E-state index in [-0.39, 0.29) is 12.0 Å². The Morgan fingerprint density at radius 3 is 2.65 bits per heavy atom. The van der Waals surface area contributed by atoms with Crippen LogP contribution in [-0.2, 0) is 10.3 Å². The fourth-order valence-corrected chi connectivity index (χ4v) is 1.38. The van der Waals surface area contributed by atoms with E-state index in [2.05, 4.69) is 0 Å². The molecule has 1 unspecified atom stereocenters. The Bertz CT molecular complexity index is 607. The zero-order valence-electron chi connectivity index (χ0n) is 9.48. The number of nitrogens with two attached hydrogens (primary N) is 1. The van der Waals surface area contributed by atoms with Gasteiger partial charge < -0.3 is 5.73 Å². The number of rotatable bonds is 3. The minimum absolute atomic E-state index is 0.245. The molecule has 0 aliphatic rings. The Balaban J connectivity index is 3.63. The van der Waals surface area contributed by atoms with Gasteiger partial charge >= 0.3 is 5.69 Å². The summed E-state index contributed by atoms with van der Waals surface area (Å²) in [6.45, 7) is 3.14. The summed E-state index contributed by atoms with van der Waals surface area (Å²) in [7, 11) is 0. The maximum absolute atomic E-state index is 11.6. The molecule has 17 heavy (non-hydrogen) atoms. The first-order valence-electron chi connectivity index (χ1n) is 4.93. The van der Waals surface area contributed by atoms with Gasteiger partial charge in [-0.15, -0.1) is 0 Å². The van der Waals surface area contributed by atoms with Crippen LogP contribution in [0.1, 0.15) is 25.8 Å². The van der Waals surface area contributed by atoms with E-state index in [1.807, 2.05) is 4.98 Å². The van der Waals surface area contributed by atoms with E-state index < -0.39 is 22.7 Å². The number of nitrogens with zero attached hydrogens (tertiary/aromatic N) is 2. The zero-order chi connectivity index (χ0) is 13.2. The number of hydrogen-bond donors (Lipinski definition) is 2. The van der Waals surface area contributed by atoms with Gasteiger partial charge in [0.05, 0.1) is 0 Å². The molecule has 0 aromatic carbocycles. The second-order valence-electron chi connectivity index (χ2n) is 3.78.